The lowest BCUT2D eigenvalue weighted by Gasteiger charge is -2.12. The van der Waals surface area contributed by atoms with E-state index in [1.54, 1.807) is 7.11 Å². The van der Waals surface area contributed by atoms with E-state index < -0.39 is 0 Å². The van der Waals surface area contributed by atoms with E-state index in [1.165, 1.54) is 0 Å². The fourth-order valence-electron chi connectivity index (χ4n) is 1.47. The molecule has 16 heavy (non-hydrogen) atoms. The summed E-state index contributed by atoms with van der Waals surface area (Å²) in [6.07, 6.45) is 1.87. The Morgan fingerprint density at radius 3 is 2.56 bits per heavy atom. The fraction of sp³-hybridized carbons (Fsp3) is 0.250. The molecule has 0 aliphatic carbocycles. The normalized spacial score (nSPS) is 9.69. The summed E-state index contributed by atoms with van der Waals surface area (Å²) in [7, 11) is 5.68. The van der Waals surface area contributed by atoms with Crippen molar-refractivity contribution in [3.63, 3.8) is 0 Å². The van der Waals surface area contributed by atoms with Gasteiger partial charge in [-0.15, -0.1) is 12.4 Å². The Hall–Kier alpha value is -1.48. The van der Waals surface area contributed by atoms with E-state index in [9.17, 15) is 0 Å². The van der Waals surface area contributed by atoms with Crippen molar-refractivity contribution in [2.45, 2.75) is 0 Å². The van der Waals surface area contributed by atoms with Gasteiger partial charge in [0, 0.05) is 19.5 Å². The van der Waals surface area contributed by atoms with Gasteiger partial charge in [-0.1, -0.05) is 0 Å². The van der Waals surface area contributed by atoms with Crippen LogP contribution in [0.2, 0.25) is 0 Å². The summed E-state index contributed by atoms with van der Waals surface area (Å²) >= 11 is 0. The molecule has 0 fully saturated rings. The number of pyridine rings is 1. The summed E-state index contributed by atoms with van der Waals surface area (Å²) in [6, 6.07) is 7.98. The van der Waals surface area contributed by atoms with Gasteiger partial charge in [-0.3, -0.25) is 4.98 Å². The molecule has 0 aliphatic heterocycles. The van der Waals surface area contributed by atoms with Gasteiger partial charge in [0.1, 0.15) is 5.75 Å². The molecule has 1 heterocycles. The first-order valence-corrected chi connectivity index (χ1v) is 4.82. The predicted octanol–water partition coefficient (Wildman–Crippen LogP) is 2.73. The zero-order valence-electron chi connectivity index (χ0n) is 9.60. The van der Waals surface area contributed by atoms with Crippen LogP contribution < -0.4 is 9.64 Å². The highest BCUT2D eigenvalue weighted by Crippen LogP contribution is 2.22. The zero-order valence-corrected chi connectivity index (χ0v) is 10.4. The zero-order chi connectivity index (χ0) is 10.8. The van der Waals surface area contributed by atoms with Crippen LogP contribution in [0.25, 0.3) is 10.9 Å². The molecule has 0 atom stereocenters. The minimum absolute atomic E-state index is 0. The summed E-state index contributed by atoms with van der Waals surface area (Å²) in [5, 5.41) is 1.10. The number of aromatic nitrogens is 1. The molecular weight excluding hydrogens is 224 g/mol. The van der Waals surface area contributed by atoms with Gasteiger partial charge in [-0.25, -0.2) is 0 Å². The third-order valence-corrected chi connectivity index (χ3v) is 2.39. The molecule has 86 valence electrons. The third-order valence-electron chi connectivity index (χ3n) is 2.39. The number of rotatable bonds is 2. The smallest absolute Gasteiger partial charge is 0.119 e. The Morgan fingerprint density at radius 1 is 1.19 bits per heavy atom. The van der Waals surface area contributed by atoms with Crippen LogP contribution in [0, 0.1) is 0 Å². The Morgan fingerprint density at radius 2 is 1.94 bits per heavy atom. The van der Waals surface area contributed by atoms with Crippen LogP contribution in [0.3, 0.4) is 0 Å². The number of anilines is 1. The molecule has 3 nitrogen and oxygen atoms in total. The van der Waals surface area contributed by atoms with Gasteiger partial charge in [0.25, 0.3) is 0 Å². The second-order valence-electron chi connectivity index (χ2n) is 3.65. The summed E-state index contributed by atoms with van der Waals surface area (Å²) in [6.45, 7) is 0. The molecule has 0 saturated heterocycles. The van der Waals surface area contributed by atoms with E-state index in [2.05, 4.69) is 11.1 Å². The number of hydrogen-bond acceptors (Lipinski definition) is 3. The molecule has 0 unspecified atom stereocenters. The number of hydrogen-bond donors (Lipinski definition) is 0. The van der Waals surface area contributed by atoms with Crippen LogP contribution in [0.1, 0.15) is 0 Å². The number of ether oxygens (including phenoxy) is 1. The van der Waals surface area contributed by atoms with Crippen LogP contribution in [0.5, 0.6) is 5.75 Å². The summed E-state index contributed by atoms with van der Waals surface area (Å²) < 4.78 is 5.18. The van der Waals surface area contributed by atoms with Gasteiger partial charge < -0.3 is 9.64 Å². The first-order valence-electron chi connectivity index (χ1n) is 4.82. The first-order chi connectivity index (χ1) is 7.20. The van der Waals surface area contributed by atoms with E-state index >= 15 is 0 Å². The van der Waals surface area contributed by atoms with Crippen molar-refractivity contribution in [1.82, 2.24) is 4.98 Å². The molecule has 2 aromatic rings. The molecule has 2 rings (SSSR count). The first kappa shape index (κ1) is 12.6. The minimum Gasteiger partial charge on any atom is -0.497 e. The average molecular weight is 239 g/mol. The van der Waals surface area contributed by atoms with Crippen LogP contribution in [0.15, 0.2) is 30.5 Å². The number of halogens is 1. The monoisotopic (exact) mass is 238 g/mol. The fourth-order valence-corrected chi connectivity index (χ4v) is 1.47. The molecule has 4 heteroatoms. The maximum atomic E-state index is 5.18. The lowest BCUT2D eigenvalue weighted by molar-refractivity contribution is 0.415. The molecule has 0 bridgehead atoms. The third kappa shape index (κ3) is 2.36. The molecule has 0 spiro atoms. The van der Waals surface area contributed by atoms with Crippen LogP contribution in [0.4, 0.5) is 5.69 Å². The molecule has 1 aromatic heterocycles. The number of nitrogens with zero attached hydrogens (tertiary/aromatic N) is 2. The number of benzene rings is 1. The standard InChI is InChI=1S/C12H14N2O.ClH/c1-14(2)10-6-9-7-11(15-3)4-5-12(9)13-8-10;/h4-8H,1-3H3;1H. The van der Waals surface area contributed by atoms with Gasteiger partial charge in [-0.05, 0) is 24.3 Å². The van der Waals surface area contributed by atoms with E-state index in [-0.39, 0.29) is 12.4 Å². The van der Waals surface area contributed by atoms with Gasteiger partial charge in [-0.2, -0.15) is 0 Å². The lowest BCUT2D eigenvalue weighted by Crippen LogP contribution is -2.08. The van der Waals surface area contributed by atoms with Crippen molar-refractivity contribution >= 4 is 29.0 Å². The van der Waals surface area contributed by atoms with E-state index in [0.717, 1.165) is 22.3 Å². The summed E-state index contributed by atoms with van der Waals surface area (Å²) in [4.78, 5) is 6.41. The predicted molar refractivity (Wildman–Crippen MR) is 69.9 cm³/mol. The van der Waals surface area contributed by atoms with Crippen LogP contribution in [-0.4, -0.2) is 26.2 Å². The van der Waals surface area contributed by atoms with Crippen molar-refractivity contribution in [3.8, 4) is 5.75 Å². The van der Waals surface area contributed by atoms with Gasteiger partial charge >= 0.3 is 0 Å². The van der Waals surface area contributed by atoms with Crippen LogP contribution in [-0.2, 0) is 0 Å². The highest BCUT2D eigenvalue weighted by atomic mass is 35.5. The van der Waals surface area contributed by atoms with Gasteiger partial charge in [0.15, 0.2) is 0 Å². The molecular formula is C12H15ClN2O. The van der Waals surface area contributed by atoms with Crippen molar-refractivity contribution in [1.29, 1.82) is 0 Å². The van der Waals surface area contributed by atoms with E-state index in [1.807, 2.05) is 43.4 Å². The van der Waals surface area contributed by atoms with Crippen molar-refractivity contribution in [2.24, 2.45) is 0 Å². The molecule has 0 aliphatic rings. The largest absolute Gasteiger partial charge is 0.497 e. The quantitative estimate of drug-likeness (QED) is 0.805. The lowest BCUT2D eigenvalue weighted by atomic mass is 10.2. The number of methoxy groups -OCH3 is 1. The van der Waals surface area contributed by atoms with Gasteiger partial charge in [0.2, 0.25) is 0 Å². The molecule has 1 aromatic carbocycles. The molecule has 0 amide bonds. The second kappa shape index (κ2) is 5.03. The molecule has 0 radical (unpaired) electrons. The number of fused-ring (bicyclic) bond motifs is 1. The van der Waals surface area contributed by atoms with E-state index in [0.29, 0.717) is 0 Å². The van der Waals surface area contributed by atoms with Crippen molar-refractivity contribution in [2.75, 3.05) is 26.1 Å². The highest BCUT2D eigenvalue weighted by molar-refractivity contribution is 5.85. The Labute approximate surface area is 101 Å². The summed E-state index contributed by atoms with van der Waals surface area (Å²) in [5.74, 6) is 0.861. The van der Waals surface area contributed by atoms with Gasteiger partial charge in [0.05, 0.1) is 24.5 Å². The average Bonchev–Trinajstić information content (AvgIpc) is 2.27. The summed E-state index contributed by atoms with van der Waals surface area (Å²) in [5.41, 5.74) is 2.08. The Bertz CT molecular complexity index is 485. The molecule has 0 N–H and O–H groups in total. The van der Waals surface area contributed by atoms with Crippen LogP contribution >= 0.6 is 12.4 Å². The topological polar surface area (TPSA) is 25.4 Å². The van der Waals surface area contributed by atoms with Crippen molar-refractivity contribution < 1.29 is 4.74 Å². The minimum atomic E-state index is 0. The second-order valence-corrected chi connectivity index (χ2v) is 3.65. The van der Waals surface area contributed by atoms with E-state index in [4.69, 9.17) is 4.74 Å². The maximum absolute atomic E-state index is 5.18. The molecule has 0 saturated carbocycles. The Kier molecular flexibility index (Phi) is 3.96. The highest BCUT2D eigenvalue weighted by Gasteiger charge is 2.00. The maximum Gasteiger partial charge on any atom is 0.119 e. The Balaban J connectivity index is 0.00000128. The van der Waals surface area contributed by atoms with Crippen molar-refractivity contribution in [3.05, 3.63) is 30.5 Å². The SMILES string of the molecule is COc1ccc2ncc(N(C)C)cc2c1.Cl.